The van der Waals surface area contributed by atoms with Gasteiger partial charge >= 0.3 is 5.97 Å². The average molecular weight is 237 g/mol. The van der Waals surface area contributed by atoms with E-state index in [4.69, 9.17) is 5.11 Å². The predicted octanol–water partition coefficient (Wildman–Crippen LogP) is 1.40. The lowest BCUT2D eigenvalue weighted by atomic mass is 10.1. The summed E-state index contributed by atoms with van der Waals surface area (Å²) in [7, 11) is 0. The Morgan fingerprint density at radius 3 is 2.35 bits per heavy atom. The standard InChI is InChI=1S/C12H15NO4/c1-7(12(16)17)11(15)13-10-6-4-3-5-9(10)8(2)14/h3-8,14H,1-2H3,(H,13,15)(H,16,17). The maximum absolute atomic E-state index is 11.6. The van der Waals surface area contributed by atoms with Gasteiger partial charge in [0.05, 0.1) is 6.10 Å². The van der Waals surface area contributed by atoms with Crippen LogP contribution in [0.3, 0.4) is 0 Å². The van der Waals surface area contributed by atoms with Gasteiger partial charge in [0, 0.05) is 11.3 Å². The van der Waals surface area contributed by atoms with Crippen LogP contribution in [-0.2, 0) is 9.59 Å². The van der Waals surface area contributed by atoms with Crippen LogP contribution in [0.5, 0.6) is 0 Å². The summed E-state index contributed by atoms with van der Waals surface area (Å²) >= 11 is 0. The summed E-state index contributed by atoms with van der Waals surface area (Å²) in [6.07, 6.45) is -0.730. The second-order valence-corrected chi connectivity index (χ2v) is 3.81. The SMILES string of the molecule is CC(C(=O)O)C(=O)Nc1ccccc1C(C)O. The summed E-state index contributed by atoms with van der Waals surface area (Å²) in [6, 6.07) is 6.73. The minimum atomic E-state index is -1.18. The molecule has 1 rings (SSSR count). The molecule has 5 heteroatoms. The van der Waals surface area contributed by atoms with Crippen molar-refractivity contribution in [2.45, 2.75) is 20.0 Å². The highest BCUT2D eigenvalue weighted by molar-refractivity contribution is 6.04. The van der Waals surface area contributed by atoms with Crippen molar-refractivity contribution in [3.63, 3.8) is 0 Å². The topological polar surface area (TPSA) is 86.6 Å². The number of anilines is 1. The number of rotatable bonds is 4. The number of aliphatic carboxylic acids is 1. The Morgan fingerprint density at radius 1 is 1.24 bits per heavy atom. The lowest BCUT2D eigenvalue weighted by Crippen LogP contribution is -2.27. The third kappa shape index (κ3) is 3.29. The molecule has 2 unspecified atom stereocenters. The van der Waals surface area contributed by atoms with E-state index in [2.05, 4.69) is 5.32 Å². The number of hydrogen-bond acceptors (Lipinski definition) is 3. The molecule has 0 bridgehead atoms. The Morgan fingerprint density at radius 2 is 1.82 bits per heavy atom. The van der Waals surface area contributed by atoms with E-state index < -0.39 is 23.9 Å². The summed E-state index contributed by atoms with van der Waals surface area (Å²) in [5.74, 6) is -2.92. The molecule has 0 aromatic heterocycles. The summed E-state index contributed by atoms with van der Waals surface area (Å²) in [6.45, 7) is 2.88. The first-order valence-corrected chi connectivity index (χ1v) is 5.24. The van der Waals surface area contributed by atoms with Gasteiger partial charge in [-0.1, -0.05) is 18.2 Å². The average Bonchev–Trinajstić information content (AvgIpc) is 2.28. The number of para-hydroxylation sites is 1. The first-order chi connectivity index (χ1) is 7.93. The molecule has 92 valence electrons. The minimum absolute atomic E-state index is 0.431. The highest BCUT2D eigenvalue weighted by Gasteiger charge is 2.21. The summed E-state index contributed by atoms with van der Waals surface area (Å²) in [4.78, 5) is 22.2. The molecule has 1 aromatic carbocycles. The van der Waals surface area contributed by atoms with Gasteiger partial charge < -0.3 is 15.5 Å². The van der Waals surface area contributed by atoms with Crippen molar-refractivity contribution in [2.24, 2.45) is 5.92 Å². The van der Waals surface area contributed by atoms with Crippen LogP contribution >= 0.6 is 0 Å². The number of nitrogens with one attached hydrogen (secondary N) is 1. The van der Waals surface area contributed by atoms with E-state index in [9.17, 15) is 14.7 Å². The number of benzene rings is 1. The Kier molecular flexibility index (Phi) is 4.23. The highest BCUT2D eigenvalue weighted by atomic mass is 16.4. The zero-order valence-electron chi connectivity index (χ0n) is 9.68. The quantitative estimate of drug-likeness (QED) is 0.691. The first-order valence-electron chi connectivity index (χ1n) is 5.24. The second kappa shape index (κ2) is 5.45. The van der Waals surface area contributed by atoms with Gasteiger partial charge in [0.2, 0.25) is 5.91 Å². The van der Waals surface area contributed by atoms with Gasteiger partial charge in [-0.3, -0.25) is 9.59 Å². The van der Waals surface area contributed by atoms with Gasteiger partial charge in [-0.25, -0.2) is 0 Å². The largest absolute Gasteiger partial charge is 0.481 e. The van der Waals surface area contributed by atoms with Gasteiger partial charge in [0.15, 0.2) is 0 Å². The van der Waals surface area contributed by atoms with Crippen molar-refractivity contribution in [1.82, 2.24) is 0 Å². The molecule has 5 nitrogen and oxygen atoms in total. The molecule has 1 aromatic rings. The molecule has 0 saturated carbocycles. The third-order valence-electron chi connectivity index (χ3n) is 2.43. The molecule has 0 fully saturated rings. The Bertz CT molecular complexity index is 428. The van der Waals surface area contributed by atoms with E-state index in [0.717, 1.165) is 0 Å². The Hall–Kier alpha value is -1.88. The van der Waals surface area contributed by atoms with Crippen LogP contribution in [0.2, 0.25) is 0 Å². The number of carbonyl (C=O) groups excluding carboxylic acids is 1. The van der Waals surface area contributed by atoms with Crippen LogP contribution in [0, 0.1) is 5.92 Å². The lowest BCUT2D eigenvalue weighted by Gasteiger charge is -2.14. The van der Waals surface area contributed by atoms with E-state index in [1.807, 2.05) is 0 Å². The van der Waals surface area contributed by atoms with Crippen molar-refractivity contribution in [2.75, 3.05) is 5.32 Å². The number of aliphatic hydroxyl groups is 1. The monoisotopic (exact) mass is 237 g/mol. The molecule has 0 heterocycles. The number of aliphatic hydroxyl groups excluding tert-OH is 1. The molecule has 0 aliphatic heterocycles. The van der Waals surface area contributed by atoms with Crippen molar-refractivity contribution in [3.05, 3.63) is 29.8 Å². The molecule has 0 spiro atoms. The third-order valence-corrected chi connectivity index (χ3v) is 2.43. The molecule has 1 amide bonds. The van der Waals surface area contributed by atoms with Crippen LogP contribution in [0.15, 0.2) is 24.3 Å². The van der Waals surface area contributed by atoms with Crippen LogP contribution in [0.25, 0.3) is 0 Å². The van der Waals surface area contributed by atoms with Crippen LogP contribution in [0.1, 0.15) is 25.5 Å². The molecular formula is C12H15NO4. The molecule has 0 saturated heterocycles. The van der Waals surface area contributed by atoms with Crippen molar-refractivity contribution < 1.29 is 19.8 Å². The van der Waals surface area contributed by atoms with Gasteiger partial charge in [-0.05, 0) is 19.9 Å². The van der Waals surface area contributed by atoms with E-state index in [1.165, 1.54) is 6.92 Å². The molecular weight excluding hydrogens is 222 g/mol. The zero-order valence-corrected chi connectivity index (χ0v) is 9.68. The van der Waals surface area contributed by atoms with Crippen molar-refractivity contribution >= 4 is 17.6 Å². The fourth-order valence-corrected chi connectivity index (χ4v) is 1.33. The lowest BCUT2D eigenvalue weighted by molar-refractivity contribution is -0.144. The fraction of sp³-hybridized carbons (Fsp3) is 0.333. The minimum Gasteiger partial charge on any atom is -0.481 e. The van der Waals surface area contributed by atoms with E-state index in [-0.39, 0.29) is 0 Å². The zero-order chi connectivity index (χ0) is 13.0. The number of amides is 1. The maximum atomic E-state index is 11.6. The Labute approximate surface area is 99.1 Å². The van der Waals surface area contributed by atoms with Crippen molar-refractivity contribution in [1.29, 1.82) is 0 Å². The number of hydrogen-bond donors (Lipinski definition) is 3. The summed E-state index contributed by atoms with van der Waals surface area (Å²) in [5.41, 5.74) is 0.985. The molecule has 0 aliphatic carbocycles. The van der Waals surface area contributed by atoms with Gasteiger partial charge in [-0.15, -0.1) is 0 Å². The molecule has 17 heavy (non-hydrogen) atoms. The summed E-state index contributed by atoms with van der Waals surface area (Å²) < 4.78 is 0. The number of carboxylic acids is 1. The number of carbonyl (C=O) groups is 2. The second-order valence-electron chi connectivity index (χ2n) is 3.81. The number of carboxylic acid groups (broad SMARTS) is 1. The first kappa shape index (κ1) is 13.2. The summed E-state index contributed by atoms with van der Waals surface area (Å²) in [5, 5.41) is 20.7. The highest BCUT2D eigenvalue weighted by Crippen LogP contribution is 2.22. The van der Waals surface area contributed by atoms with Gasteiger partial charge in [-0.2, -0.15) is 0 Å². The van der Waals surface area contributed by atoms with Gasteiger partial charge in [0.25, 0.3) is 0 Å². The van der Waals surface area contributed by atoms with E-state index >= 15 is 0 Å². The van der Waals surface area contributed by atoms with Crippen LogP contribution < -0.4 is 5.32 Å². The predicted molar refractivity (Wildman–Crippen MR) is 62.5 cm³/mol. The normalized spacial score (nSPS) is 13.8. The van der Waals surface area contributed by atoms with Crippen LogP contribution in [-0.4, -0.2) is 22.1 Å². The van der Waals surface area contributed by atoms with Crippen LogP contribution in [0.4, 0.5) is 5.69 Å². The molecule has 2 atom stereocenters. The molecule has 0 radical (unpaired) electrons. The molecule has 0 aliphatic rings. The smallest absolute Gasteiger partial charge is 0.315 e. The molecule has 3 N–H and O–H groups in total. The van der Waals surface area contributed by atoms with Crippen molar-refractivity contribution in [3.8, 4) is 0 Å². The van der Waals surface area contributed by atoms with E-state index in [0.29, 0.717) is 11.3 Å². The maximum Gasteiger partial charge on any atom is 0.315 e. The fourth-order valence-electron chi connectivity index (χ4n) is 1.33. The van der Waals surface area contributed by atoms with Gasteiger partial charge in [0.1, 0.15) is 5.92 Å². The van der Waals surface area contributed by atoms with E-state index in [1.54, 1.807) is 31.2 Å². The Balaban J connectivity index is 2.88.